The highest BCUT2D eigenvalue weighted by atomic mass is 79.9. The second-order valence-electron chi connectivity index (χ2n) is 4.78. The first-order valence-electron chi connectivity index (χ1n) is 6.11. The number of nitrogens with zero attached hydrogens (tertiary/aromatic N) is 1. The Morgan fingerprint density at radius 2 is 1.47 bits per heavy atom. The zero-order chi connectivity index (χ0) is 13.6. The Morgan fingerprint density at radius 1 is 1.00 bits per heavy atom. The van der Waals surface area contributed by atoms with E-state index in [1.54, 1.807) is 0 Å². The lowest BCUT2D eigenvalue weighted by Gasteiger charge is -2.09. The molecule has 3 rings (SSSR count). The Balaban J connectivity index is 2.43. The van der Waals surface area contributed by atoms with Crippen molar-refractivity contribution in [3.05, 3.63) is 45.3 Å². The highest BCUT2D eigenvalue weighted by Gasteiger charge is 2.12. The number of rotatable bonds is 2. The fourth-order valence-electron chi connectivity index (χ4n) is 2.51. The van der Waals surface area contributed by atoms with Crippen molar-refractivity contribution < 1.29 is 5.11 Å². The molecule has 4 heteroatoms. The molecule has 0 aliphatic heterocycles. The summed E-state index contributed by atoms with van der Waals surface area (Å²) in [7, 11) is 0. The van der Waals surface area contributed by atoms with Crippen molar-refractivity contribution in [3.8, 4) is 0 Å². The first-order chi connectivity index (χ1) is 9.06. The third kappa shape index (κ3) is 2.33. The summed E-state index contributed by atoms with van der Waals surface area (Å²) in [5.74, 6) is 0. The number of aliphatic hydroxyl groups excluding tert-OH is 1. The first kappa shape index (κ1) is 13.2. The van der Waals surface area contributed by atoms with E-state index in [1.807, 2.05) is 19.1 Å². The van der Waals surface area contributed by atoms with Gasteiger partial charge in [-0.1, -0.05) is 31.9 Å². The van der Waals surface area contributed by atoms with E-state index in [4.69, 9.17) is 0 Å². The van der Waals surface area contributed by atoms with Crippen molar-refractivity contribution in [3.63, 3.8) is 0 Å². The Bertz CT molecular complexity index is 702. The zero-order valence-corrected chi connectivity index (χ0v) is 13.6. The largest absolute Gasteiger partial charge is 0.392 e. The molecule has 2 nitrogen and oxygen atoms in total. The third-order valence-corrected chi connectivity index (χ3v) is 4.22. The van der Waals surface area contributed by atoms with Crippen LogP contribution < -0.4 is 0 Å². The summed E-state index contributed by atoms with van der Waals surface area (Å²) in [5.41, 5.74) is 2.30. The van der Waals surface area contributed by atoms with Crippen molar-refractivity contribution >= 4 is 53.7 Å². The number of aliphatic hydroxyl groups is 1. The molecule has 19 heavy (non-hydrogen) atoms. The number of benzene rings is 2. The SMILES string of the molecule is CC(O)Cn1c2ccc(Br)cc2c2cc(Br)ccc21. The maximum Gasteiger partial charge on any atom is 0.0691 e. The maximum atomic E-state index is 9.71. The van der Waals surface area contributed by atoms with Crippen LogP contribution in [0.25, 0.3) is 21.8 Å². The van der Waals surface area contributed by atoms with E-state index in [9.17, 15) is 5.11 Å². The molecule has 0 spiro atoms. The monoisotopic (exact) mass is 381 g/mol. The average Bonchev–Trinajstić information content (AvgIpc) is 2.62. The highest BCUT2D eigenvalue weighted by Crippen LogP contribution is 2.33. The molecule has 0 bridgehead atoms. The van der Waals surface area contributed by atoms with E-state index >= 15 is 0 Å². The van der Waals surface area contributed by atoms with Gasteiger partial charge in [0.15, 0.2) is 0 Å². The minimum atomic E-state index is -0.369. The summed E-state index contributed by atoms with van der Waals surface area (Å²) in [6.45, 7) is 2.42. The smallest absolute Gasteiger partial charge is 0.0691 e. The van der Waals surface area contributed by atoms with Gasteiger partial charge in [-0.15, -0.1) is 0 Å². The predicted molar refractivity (Wildman–Crippen MR) is 86.5 cm³/mol. The van der Waals surface area contributed by atoms with Gasteiger partial charge in [-0.3, -0.25) is 0 Å². The fourth-order valence-corrected chi connectivity index (χ4v) is 3.23. The summed E-state index contributed by atoms with van der Waals surface area (Å²) in [6, 6.07) is 12.5. The second kappa shape index (κ2) is 4.93. The van der Waals surface area contributed by atoms with Crippen molar-refractivity contribution in [1.82, 2.24) is 4.57 Å². The molecule has 1 atom stereocenters. The fraction of sp³-hybridized carbons (Fsp3) is 0.200. The maximum absolute atomic E-state index is 9.71. The Labute approximate surface area is 128 Å². The number of fused-ring (bicyclic) bond motifs is 3. The van der Waals surface area contributed by atoms with Gasteiger partial charge in [-0.05, 0) is 43.3 Å². The number of halogens is 2. The number of hydrogen-bond donors (Lipinski definition) is 1. The van der Waals surface area contributed by atoms with Gasteiger partial charge >= 0.3 is 0 Å². The standard InChI is InChI=1S/C15H13Br2NO/c1-9(19)8-18-14-4-2-10(16)6-12(14)13-7-11(17)3-5-15(13)18/h2-7,9,19H,8H2,1H3. The molecule has 0 amide bonds. The predicted octanol–water partition coefficient (Wildman–Crippen LogP) is 4.70. The normalized spacial score (nSPS) is 13.3. The molecule has 0 saturated carbocycles. The van der Waals surface area contributed by atoms with Gasteiger partial charge in [0.1, 0.15) is 0 Å². The molecular weight excluding hydrogens is 370 g/mol. The van der Waals surface area contributed by atoms with Crippen molar-refractivity contribution in [1.29, 1.82) is 0 Å². The van der Waals surface area contributed by atoms with Gasteiger partial charge in [0.05, 0.1) is 6.10 Å². The summed E-state index contributed by atoms with van der Waals surface area (Å²) < 4.78 is 4.31. The molecule has 0 aliphatic rings. The van der Waals surface area contributed by atoms with Crippen LogP contribution in [-0.2, 0) is 6.54 Å². The van der Waals surface area contributed by atoms with Crippen LogP contribution >= 0.6 is 31.9 Å². The van der Waals surface area contributed by atoms with Crippen molar-refractivity contribution in [2.75, 3.05) is 0 Å². The molecule has 98 valence electrons. The molecule has 3 aromatic rings. The van der Waals surface area contributed by atoms with E-state index in [2.05, 4.69) is 60.7 Å². The zero-order valence-electron chi connectivity index (χ0n) is 10.4. The minimum absolute atomic E-state index is 0.369. The molecule has 1 aromatic heterocycles. The minimum Gasteiger partial charge on any atom is -0.392 e. The molecule has 0 fully saturated rings. The van der Waals surface area contributed by atoms with Crippen molar-refractivity contribution in [2.45, 2.75) is 19.6 Å². The van der Waals surface area contributed by atoms with E-state index in [0.717, 1.165) is 20.0 Å². The summed E-state index contributed by atoms with van der Waals surface area (Å²) in [4.78, 5) is 0. The van der Waals surface area contributed by atoms with Gasteiger partial charge in [-0.2, -0.15) is 0 Å². The molecule has 1 N–H and O–H groups in total. The quantitative estimate of drug-likeness (QED) is 0.682. The van der Waals surface area contributed by atoms with Crippen LogP contribution in [0.15, 0.2) is 45.3 Å². The number of hydrogen-bond acceptors (Lipinski definition) is 1. The van der Waals surface area contributed by atoms with E-state index in [0.29, 0.717) is 6.54 Å². The topological polar surface area (TPSA) is 25.2 Å². The van der Waals surface area contributed by atoms with Gasteiger partial charge in [0, 0.05) is 37.3 Å². The third-order valence-electron chi connectivity index (χ3n) is 3.24. The lowest BCUT2D eigenvalue weighted by atomic mass is 10.2. The summed E-state index contributed by atoms with van der Waals surface area (Å²) >= 11 is 7.05. The Morgan fingerprint density at radius 3 is 1.89 bits per heavy atom. The number of aromatic nitrogens is 1. The molecule has 0 radical (unpaired) electrons. The lowest BCUT2D eigenvalue weighted by Crippen LogP contribution is -2.11. The first-order valence-corrected chi connectivity index (χ1v) is 7.70. The van der Waals surface area contributed by atoms with Crippen LogP contribution in [0.5, 0.6) is 0 Å². The molecule has 2 aromatic carbocycles. The Kier molecular flexibility index (Phi) is 3.41. The second-order valence-corrected chi connectivity index (χ2v) is 6.61. The summed E-state index contributed by atoms with van der Waals surface area (Å²) in [5, 5.41) is 12.1. The van der Waals surface area contributed by atoms with Crippen LogP contribution in [0.2, 0.25) is 0 Å². The van der Waals surface area contributed by atoms with Gasteiger partial charge in [0.2, 0.25) is 0 Å². The van der Waals surface area contributed by atoms with Gasteiger partial charge in [0.25, 0.3) is 0 Å². The lowest BCUT2D eigenvalue weighted by molar-refractivity contribution is 0.176. The van der Waals surface area contributed by atoms with Gasteiger partial charge in [-0.25, -0.2) is 0 Å². The molecule has 1 heterocycles. The molecule has 0 saturated heterocycles. The highest BCUT2D eigenvalue weighted by molar-refractivity contribution is 9.10. The van der Waals surface area contributed by atoms with Crippen LogP contribution in [0.1, 0.15) is 6.92 Å². The van der Waals surface area contributed by atoms with Crippen LogP contribution in [0.3, 0.4) is 0 Å². The molecule has 1 unspecified atom stereocenters. The summed E-state index contributed by atoms with van der Waals surface area (Å²) in [6.07, 6.45) is -0.369. The van der Waals surface area contributed by atoms with Crippen LogP contribution in [0, 0.1) is 0 Å². The van der Waals surface area contributed by atoms with Crippen molar-refractivity contribution in [2.24, 2.45) is 0 Å². The van der Waals surface area contributed by atoms with Crippen LogP contribution in [-0.4, -0.2) is 15.8 Å². The Hall–Kier alpha value is -0.840. The molecule has 0 aliphatic carbocycles. The van der Waals surface area contributed by atoms with E-state index < -0.39 is 0 Å². The van der Waals surface area contributed by atoms with E-state index in [-0.39, 0.29) is 6.10 Å². The molecular formula is C15H13Br2NO. The van der Waals surface area contributed by atoms with Gasteiger partial charge < -0.3 is 9.67 Å². The van der Waals surface area contributed by atoms with Crippen LogP contribution in [0.4, 0.5) is 0 Å². The average molecular weight is 383 g/mol. The van der Waals surface area contributed by atoms with E-state index in [1.165, 1.54) is 10.8 Å².